The van der Waals surface area contributed by atoms with Gasteiger partial charge >= 0.3 is 0 Å². The van der Waals surface area contributed by atoms with Crippen LogP contribution in [0.15, 0.2) is 18.2 Å². The molecule has 0 aliphatic rings. The van der Waals surface area contributed by atoms with Crippen molar-refractivity contribution >= 4 is 17.3 Å². The van der Waals surface area contributed by atoms with Gasteiger partial charge in [-0.25, -0.2) is 0 Å². The molecule has 2 N–H and O–H groups in total. The number of phenolic OH excluding ortho intramolecular Hbond substituents is 1. The standard InChI is InChI=1S/C12H18ClNO2/c1-2-3-7-16-8-6-14-12-5-4-10(15)9-11(12)13/h4-5,9,14-15H,2-3,6-8H2,1H3. The highest BCUT2D eigenvalue weighted by Crippen LogP contribution is 2.25. The summed E-state index contributed by atoms with van der Waals surface area (Å²) in [5.41, 5.74) is 0.818. The van der Waals surface area contributed by atoms with Crippen molar-refractivity contribution in [3.8, 4) is 5.75 Å². The second-order valence-electron chi connectivity index (χ2n) is 3.56. The quantitative estimate of drug-likeness (QED) is 0.571. The normalized spacial score (nSPS) is 10.4. The van der Waals surface area contributed by atoms with Gasteiger partial charge in [-0.1, -0.05) is 24.9 Å². The maximum Gasteiger partial charge on any atom is 0.117 e. The second-order valence-corrected chi connectivity index (χ2v) is 3.96. The zero-order valence-electron chi connectivity index (χ0n) is 9.50. The first kappa shape index (κ1) is 13.1. The van der Waals surface area contributed by atoms with Gasteiger partial charge in [0.25, 0.3) is 0 Å². The molecule has 0 radical (unpaired) electrons. The minimum Gasteiger partial charge on any atom is -0.508 e. The molecule has 0 fully saturated rings. The van der Waals surface area contributed by atoms with Crippen LogP contribution in [-0.2, 0) is 4.74 Å². The Balaban J connectivity index is 2.21. The smallest absolute Gasteiger partial charge is 0.117 e. The predicted octanol–water partition coefficient (Wildman–Crippen LogP) is 3.27. The van der Waals surface area contributed by atoms with E-state index in [9.17, 15) is 0 Å². The van der Waals surface area contributed by atoms with Crippen molar-refractivity contribution in [3.05, 3.63) is 23.2 Å². The molecule has 1 aromatic carbocycles. The second kappa shape index (κ2) is 7.36. The van der Waals surface area contributed by atoms with Crippen molar-refractivity contribution in [3.63, 3.8) is 0 Å². The molecule has 0 saturated carbocycles. The molecule has 3 nitrogen and oxygen atoms in total. The van der Waals surface area contributed by atoms with Crippen LogP contribution in [-0.4, -0.2) is 24.9 Å². The third kappa shape index (κ3) is 4.73. The first-order valence-corrected chi connectivity index (χ1v) is 5.92. The number of rotatable bonds is 7. The highest BCUT2D eigenvalue weighted by atomic mass is 35.5. The van der Waals surface area contributed by atoms with Gasteiger partial charge < -0.3 is 15.2 Å². The number of ether oxygens (including phenoxy) is 1. The first-order chi connectivity index (χ1) is 7.74. The lowest BCUT2D eigenvalue weighted by Crippen LogP contribution is -2.10. The number of aromatic hydroxyl groups is 1. The van der Waals surface area contributed by atoms with Crippen LogP contribution in [0.5, 0.6) is 5.75 Å². The van der Waals surface area contributed by atoms with Crippen LogP contribution in [0.2, 0.25) is 5.02 Å². The van der Waals surface area contributed by atoms with Crippen LogP contribution in [0.4, 0.5) is 5.69 Å². The third-order valence-electron chi connectivity index (χ3n) is 2.16. The monoisotopic (exact) mass is 243 g/mol. The van der Waals surface area contributed by atoms with Crippen molar-refractivity contribution in [1.82, 2.24) is 0 Å². The molecule has 0 unspecified atom stereocenters. The summed E-state index contributed by atoms with van der Waals surface area (Å²) in [6.07, 6.45) is 2.25. The summed E-state index contributed by atoms with van der Waals surface area (Å²) in [6.45, 7) is 4.32. The zero-order valence-corrected chi connectivity index (χ0v) is 10.3. The summed E-state index contributed by atoms with van der Waals surface area (Å²) in [7, 11) is 0. The number of hydrogen-bond donors (Lipinski definition) is 2. The Morgan fingerprint density at radius 1 is 1.38 bits per heavy atom. The number of benzene rings is 1. The summed E-state index contributed by atoms with van der Waals surface area (Å²) in [5, 5.41) is 12.8. The molecule has 0 saturated heterocycles. The SMILES string of the molecule is CCCCOCCNc1ccc(O)cc1Cl. The van der Waals surface area contributed by atoms with E-state index in [0.29, 0.717) is 18.2 Å². The molecule has 0 amide bonds. The minimum absolute atomic E-state index is 0.176. The summed E-state index contributed by atoms with van der Waals surface area (Å²) in [6, 6.07) is 4.87. The number of halogens is 1. The molecule has 4 heteroatoms. The average Bonchev–Trinajstić information content (AvgIpc) is 2.26. The van der Waals surface area contributed by atoms with E-state index >= 15 is 0 Å². The summed E-state index contributed by atoms with van der Waals surface area (Å²) in [4.78, 5) is 0. The summed E-state index contributed by atoms with van der Waals surface area (Å²) >= 11 is 5.93. The molecule has 0 bridgehead atoms. The Hall–Kier alpha value is -0.930. The number of unbranched alkanes of at least 4 members (excludes halogenated alkanes) is 1. The van der Waals surface area contributed by atoms with Crippen molar-refractivity contribution in [2.24, 2.45) is 0 Å². The van der Waals surface area contributed by atoms with Gasteiger partial charge in [-0.15, -0.1) is 0 Å². The van der Waals surface area contributed by atoms with E-state index in [0.717, 1.165) is 25.1 Å². The molecule has 1 aromatic rings. The predicted molar refractivity (Wildman–Crippen MR) is 67.3 cm³/mol. The molecule has 90 valence electrons. The highest BCUT2D eigenvalue weighted by molar-refractivity contribution is 6.33. The van der Waals surface area contributed by atoms with Gasteiger partial charge in [-0.3, -0.25) is 0 Å². The van der Waals surface area contributed by atoms with Gasteiger partial charge in [-0.05, 0) is 18.6 Å². The number of anilines is 1. The fourth-order valence-corrected chi connectivity index (χ4v) is 1.50. The average molecular weight is 244 g/mol. The van der Waals surface area contributed by atoms with Crippen molar-refractivity contribution in [2.45, 2.75) is 19.8 Å². The van der Waals surface area contributed by atoms with E-state index in [2.05, 4.69) is 12.2 Å². The fourth-order valence-electron chi connectivity index (χ4n) is 1.25. The van der Waals surface area contributed by atoms with Gasteiger partial charge in [0.15, 0.2) is 0 Å². The van der Waals surface area contributed by atoms with Crippen LogP contribution in [0.3, 0.4) is 0 Å². The Labute approximate surface area is 101 Å². The van der Waals surface area contributed by atoms with Gasteiger partial charge in [0.2, 0.25) is 0 Å². The Kier molecular flexibility index (Phi) is 6.04. The number of hydrogen-bond acceptors (Lipinski definition) is 3. The minimum atomic E-state index is 0.176. The van der Waals surface area contributed by atoms with Crippen LogP contribution in [0, 0.1) is 0 Å². The Morgan fingerprint density at radius 2 is 2.19 bits per heavy atom. The maximum absolute atomic E-state index is 9.17. The lowest BCUT2D eigenvalue weighted by Gasteiger charge is -2.08. The van der Waals surface area contributed by atoms with Crippen LogP contribution in [0.25, 0.3) is 0 Å². The number of phenols is 1. The van der Waals surface area contributed by atoms with Gasteiger partial charge in [0.05, 0.1) is 17.3 Å². The van der Waals surface area contributed by atoms with E-state index in [4.69, 9.17) is 21.4 Å². The third-order valence-corrected chi connectivity index (χ3v) is 2.47. The Bertz CT molecular complexity index is 318. The molecule has 0 spiro atoms. The molecule has 0 aromatic heterocycles. The zero-order chi connectivity index (χ0) is 11.8. The van der Waals surface area contributed by atoms with Crippen LogP contribution >= 0.6 is 11.6 Å². The summed E-state index contributed by atoms with van der Waals surface area (Å²) < 4.78 is 5.40. The van der Waals surface area contributed by atoms with E-state index < -0.39 is 0 Å². The van der Waals surface area contributed by atoms with Crippen molar-refractivity contribution in [2.75, 3.05) is 25.1 Å². The molecular weight excluding hydrogens is 226 g/mol. The Morgan fingerprint density at radius 3 is 2.88 bits per heavy atom. The lowest BCUT2D eigenvalue weighted by molar-refractivity contribution is 0.141. The topological polar surface area (TPSA) is 41.5 Å². The van der Waals surface area contributed by atoms with Crippen LogP contribution < -0.4 is 5.32 Å². The van der Waals surface area contributed by atoms with Gasteiger partial charge in [-0.2, -0.15) is 0 Å². The molecule has 1 rings (SSSR count). The van der Waals surface area contributed by atoms with Crippen molar-refractivity contribution < 1.29 is 9.84 Å². The summed E-state index contributed by atoms with van der Waals surface area (Å²) in [5.74, 6) is 0.176. The van der Waals surface area contributed by atoms with Gasteiger partial charge in [0.1, 0.15) is 5.75 Å². The van der Waals surface area contributed by atoms with Crippen molar-refractivity contribution in [1.29, 1.82) is 0 Å². The highest BCUT2D eigenvalue weighted by Gasteiger charge is 1.99. The number of nitrogens with one attached hydrogen (secondary N) is 1. The van der Waals surface area contributed by atoms with E-state index in [-0.39, 0.29) is 5.75 Å². The van der Waals surface area contributed by atoms with E-state index in [1.165, 1.54) is 6.07 Å². The molecule has 0 aliphatic heterocycles. The van der Waals surface area contributed by atoms with E-state index in [1.807, 2.05) is 0 Å². The maximum atomic E-state index is 9.17. The van der Waals surface area contributed by atoms with Crippen LogP contribution in [0.1, 0.15) is 19.8 Å². The first-order valence-electron chi connectivity index (χ1n) is 5.54. The van der Waals surface area contributed by atoms with E-state index in [1.54, 1.807) is 12.1 Å². The largest absolute Gasteiger partial charge is 0.508 e. The molecule has 16 heavy (non-hydrogen) atoms. The van der Waals surface area contributed by atoms with Gasteiger partial charge in [0, 0.05) is 19.2 Å². The molecule has 0 heterocycles. The lowest BCUT2D eigenvalue weighted by atomic mass is 10.3. The fraction of sp³-hybridized carbons (Fsp3) is 0.500. The molecule has 0 atom stereocenters. The molecular formula is C12H18ClNO2. The molecule has 0 aliphatic carbocycles.